The van der Waals surface area contributed by atoms with E-state index < -0.39 is 0 Å². The Labute approximate surface area is 324 Å². The molecule has 0 spiro atoms. The molecule has 0 radical (unpaired) electrons. The Balaban J connectivity index is 0.000000147. The predicted molar refractivity (Wildman–Crippen MR) is 223 cm³/mol. The Morgan fingerprint density at radius 1 is 0.589 bits per heavy atom. The van der Waals surface area contributed by atoms with E-state index in [9.17, 15) is 0 Å². The molecule has 2 fully saturated rings. The van der Waals surface area contributed by atoms with Crippen LogP contribution in [0.4, 0.5) is 11.6 Å². The number of methoxy groups -OCH3 is 1. The Morgan fingerprint density at radius 3 is 1.59 bits per heavy atom. The third kappa shape index (κ3) is 7.06. The second-order valence-corrected chi connectivity index (χ2v) is 14.9. The van der Waals surface area contributed by atoms with Crippen LogP contribution in [-0.4, -0.2) is 72.8 Å². The Morgan fingerprint density at radius 2 is 1.05 bits per heavy atom. The number of hydrogen-bond acceptors (Lipinski definition) is 11. The highest BCUT2D eigenvalue weighted by Gasteiger charge is 2.22. The smallest absolute Gasteiger partial charge is 0.163 e. The van der Waals surface area contributed by atoms with E-state index in [1.165, 1.54) is 23.4 Å². The Bertz CT molecular complexity index is 2660. The summed E-state index contributed by atoms with van der Waals surface area (Å²) < 4.78 is 9.37. The van der Waals surface area contributed by atoms with Gasteiger partial charge in [0.25, 0.3) is 0 Å². The predicted octanol–water partition coefficient (Wildman–Crippen LogP) is 6.47. The summed E-state index contributed by atoms with van der Waals surface area (Å²) in [5.74, 6) is 3.00. The lowest BCUT2D eigenvalue weighted by Crippen LogP contribution is -2.30. The minimum Gasteiger partial charge on any atom is -0.497 e. The van der Waals surface area contributed by atoms with Crippen molar-refractivity contribution in [3.63, 3.8) is 0 Å². The normalized spacial score (nSPS) is 15.4. The van der Waals surface area contributed by atoms with Crippen molar-refractivity contribution < 1.29 is 4.74 Å². The van der Waals surface area contributed by atoms with Crippen LogP contribution in [0.25, 0.3) is 66.1 Å². The summed E-state index contributed by atoms with van der Waals surface area (Å²) in [6.07, 6.45) is 7.67. The number of benzene rings is 4. The molecule has 6 N–H and O–H groups in total. The van der Waals surface area contributed by atoms with Gasteiger partial charge in [-0.05, 0) is 110 Å². The zero-order valence-corrected chi connectivity index (χ0v) is 31.5. The fourth-order valence-corrected chi connectivity index (χ4v) is 8.17. The number of nitrogens with two attached hydrogens (primary N) is 2. The molecule has 0 amide bonds. The third-order valence-corrected chi connectivity index (χ3v) is 11.2. The molecule has 2 saturated heterocycles. The van der Waals surface area contributed by atoms with Crippen molar-refractivity contribution in [2.75, 3.05) is 44.8 Å². The van der Waals surface area contributed by atoms with E-state index in [2.05, 4.69) is 97.3 Å². The van der Waals surface area contributed by atoms with Gasteiger partial charge in [-0.15, -0.1) is 0 Å². The van der Waals surface area contributed by atoms with Crippen LogP contribution in [0.3, 0.4) is 0 Å². The van der Waals surface area contributed by atoms with Gasteiger partial charge < -0.3 is 26.8 Å². The summed E-state index contributed by atoms with van der Waals surface area (Å²) in [5, 5.41) is 23.0. The Kier molecular flexibility index (Phi) is 9.84. The maximum absolute atomic E-state index is 6.26. The highest BCUT2D eigenvalue weighted by molar-refractivity contribution is 6.01. The standard InChI is InChI=1S/C22H24N6O.C21H22N6/c1-29-18-5-4-15-10-17(3-2-16(15)11-18)20-19-21(23)25-13-26-22(19)28(27-20)12-14-6-8-24-9-7-14;22-20-18-19(17-6-5-15-3-1-2-4-16(15)11-17)26-27(21(18)25-13-24-20)12-14-7-9-23-10-8-14/h2-5,10-11,13-14,24H,6-9,12H2,1H3,(H2,23,25,26);1-6,11,13-14,23H,7-10,12H2,(H2,22,24,25). The van der Waals surface area contributed by atoms with E-state index in [1.54, 1.807) is 7.11 Å². The molecule has 10 rings (SSSR count). The number of nitrogen functional groups attached to an aromatic ring is 2. The third-order valence-electron chi connectivity index (χ3n) is 11.2. The lowest BCUT2D eigenvalue weighted by Gasteiger charge is -2.22. The number of nitrogens with zero attached hydrogens (tertiary/aromatic N) is 8. The van der Waals surface area contributed by atoms with Crippen LogP contribution in [0.15, 0.2) is 91.5 Å². The van der Waals surface area contributed by atoms with Crippen molar-refractivity contribution in [1.29, 1.82) is 0 Å². The molecule has 2 aliphatic rings. The number of aromatic nitrogens is 8. The van der Waals surface area contributed by atoms with Gasteiger partial charge in [-0.1, -0.05) is 54.6 Å². The first-order valence-corrected chi connectivity index (χ1v) is 19.4. The molecule has 56 heavy (non-hydrogen) atoms. The zero-order chi connectivity index (χ0) is 38.0. The maximum Gasteiger partial charge on any atom is 0.163 e. The molecule has 13 nitrogen and oxygen atoms in total. The summed E-state index contributed by atoms with van der Waals surface area (Å²) in [7, 11) is 1.68. The number of anilines is 2. The number of nitrogens with one attached hydrogen (secondary N) is 2. The minimum absolute atomic E-state index is 0.469. The molecule has 4 aromatic heterocycles. The van der Waals surface area contributed by atoms with Gasteiger partial charge >= 0.3 is 0 Å². The van der Waals surface area contributed by atoms with E-state index in [4.69, 9.17) is 26.4 Å². The van der Waals surface area contributed by atoms with Crippen molar-refractivity contribution in [1.82, 2.24) is 50.1 Å². The van der Waals surface area contributed by atoms with Gasteiger partial charge in [0.2, 0.25) is 0 Å². The van der Waals surface area contributed by atoms with Crippen molar-refractivity contribution in [3.8, 4) is 28.3 Å². The maximum atomic E-state index is 6.26. The van der Waals surface area contributed by atoms with Crippen LogP contribution < -0.4 is 26.8 Å². The van der Waals surface area contributed by atoms with E-state index >= 15 is 0 Å². The van der Waals surface area contributed by atoms with Gasteiger partial charge in [0.05, 0.1) is 17.9 Å². The van der Waals surface area contributed by atoms with Crippen LogP contribution >= 0.6 is 0 Å². The van der Waals surface area contributed by atoms with E-state index in [1.807, 2.05) is 21.5 Å². The zero-order valence-electron chi connectivity index (χ0n) is 31.5. The van der Waals surface area contributed by atoms with Gasteiger partial charge in [0, 0.05) is 24.2 Å². The summed E-state index contributed by atoms with van der Waals surface area (Å²) in [6, 6.07) is 27.1. The SMILES string of the molecule is COc1ccc2cc(-c3nn(CC4CCNCC4)c4ncnc(N)c34)ccc2c1.Nc1ncnc2c1c(-c1ccc3ccccc3c1)nn2CC1CCNCC1. The highest BCUT2D eigenvalue weighted by atomic mass is 16.5. The second-order valence-electron chi connectivity index (χ2n) is 14.9. The summed E-state index contributed by atoms with van der Waals surface area (Å²) >= 11 is 0. The summed E-state index contributed by atoms with van der Waals surface area (Å²) in [6.45, 7) is 5.96. The second kappa shape index (κ2) is 15.5. The number of ether oxygens (including phenoxy) is 1. The monoisotopic (exact) mass is 746 g/mol. The van der Waals surface area contributed by atoms with Gasteiger partial charge in [-0.25, -0.2) is 29.3 Å². The number of fused-ring (bicyclic) bond motifs is 4. The van der Waals surface area contributed by atoms with Gasteiger partial charge in [-0.2, -0.15) is 10.2 Å². The first-order chi connectivity index (χ1) is 27.5. The van der Waals surface area contributed by atoms with E-state index in [0.29, 0.717) is 23.5 Å². The molecule has 284 valence electrons. The average Bonchev–Trinajstić information content (AvgIpc) is 3.81. The molecule has 0 aliphatic carbocycles. The first-order valence-electron chi connectivity index (χ1n) is 19.4. The molecule has 6 heterocycles. The summed E-state index contributed by atoms with van der Waals surface area (Å²) in [5.41, 5.74) is 17.9. The number of piperidine rings is 2. The molecule has 0 atom stereocenters. The topological polar surface area (TPSA) is 173 Å². The van der Waals surface area contributed by atoms with Crippen molar-refractivity contribution in [2.24, 2.45) is 11.8 Å². The van der Waals surface area contributed by atoms with E-state index in [-0.39, 0.29) is 0 Å². The van der Waals surface area contributed by atoms with Gasteiger partial charge in [0.15, 0.2) is 11.3 Å². The molecular weight excluding hydrogens is 701 g/mol. The molecular formula is C43H46N12O. The largest absolute Gasteiger partial charge is 0.497 e. The summed E-state index contributed by atoms with van der Waals surface area (Å²) in [4.78, 5) is 17.5. The van der Waals surface area contributed by atoms with Gasteiger partial charge in [-0.3, -0.25) is 0 Å². The lowest BCUT2D eigenvalue weighted by atomic mass is 9.98. The van der Waals surface area contributed by atoms with E-state index in [0.717, 1.165) is 126 Å². The van der Waals surface area contributed by atoms with Crippen molar-refractivity contribution in [3.05, 3.63) is 91.5 Å². The fraction of sp³-hybridized carbons (Fsp3) is 0.302. The quantitative estimate of drug-likeness (QED) is 0.141. The van der Waals surface area contributed by atoms with Crippen LogP contribution in [0.2, 0.25) is 0 Å². The van der Waals surface area contributed by atoms with Crippen molar-refractivity contribution >= 4 is 55.2 Å². The molecule has 13 heteroatoms. The fourth-order valence-electron chi connectivity index (χ4n) is 8.17. The lowest BCUT2D eigenvalue weighted by molar-refractivity contribution is 0.325. The molecule has 4 aromatic carbocycles. The first kappa shape index (κ1) is 35.5. The molecule has 0 saturated carbocycles. The van der Waals surface area contributed by atoms with Gasteiger partial charge in [0.1, 0.15) is 41.4 Å². The number of hydrogen-bond donors (Lipinski definition) is 4. The van der Waals surface area contributed by atoms with Crippen LogP contribution in [-0.2, 0) is 13.1 Å². The average molecular weight is 747 g/mol. The van der Waals surface area contributed by atoms with Crippen LogP contribution in [0, 0.1) is 11.8 Å². The molecule has 0 bridgehead atoms. The number of rotatable bonds is 7. The van der Waals surface area contributed by atoms with Crippen molar-refractivity contribution in [2.45, 2.75) is 38.8 Å². The minimum atomic E-state index is 0.469. The molecule has 8 aromatic rings. The Hall–Kier alpha value is -6.18. The molecule has 0 unspecified atom stereocenters. The molecule has 2 aliphatic heterocycles. The van der Waals surface area contributed by atoms with Crippen LogP contribution in [0.1, 0.15) is 25.7 Å². The van der Waals surface area contributed by atoms with Crippen LogP contribution in [0.5, 0.6) is 5.75 Å². The highest BCUT2D eigenvalue weighted by Crippen LogP contribution is 2.35.